The lowest BCUT2D eigenvalue weighted by Gasteiger charge is -2.15. The zero-order chi connectivity index (χ0) is 10.1. The third-order valence-electron chi connectivity index (χ3n) is 1.99. The van der Waals surface area contributed by atoms with Gasteiger partial charge in [-0.3, -0.25) is 4.90 Å². The third-order valence-corrected chi connectivity index (χ3v) is 2.25. The molecule has 1 rings (SSSR count). The highest BCUT2D eigenvalue weighted by molar-refractivity contribution is 6.17. The summed E-state index contributed by atoms with van der Waals surface area (Å²) in [6.45, 7) is -1.53. The number of hydrogen-bond donors (Lipinski definition) is 0. The van der Waals surface area contributed by atoms with Crippen molar-refractivity contribution in [3.8, 4) is 0 Å². The van der Waals surface area contributed by atoms with Crippen LogP contribution in [0, 0.1) is 0 Å². The molecule has 0 aliphatic carbocycles. The summed E-state index contributed by atoms with van der Waals surface area (Å²) in [5.41, 5.74) is 0. The van der Waals surface area contributed by atoms with Crippen LogP contribution in [0.2, 0.25) is 0 Å². The highest BCUT2D eigenvalue weighted by Crippen LogP contribution is 2.40. The largest absolute Gasteiger partial charge is 0.323 e. The maximum atomic E-state index is 12.6. The van der Waals surface area contributed by atoms with Crippen LogP contribution in [0.4, 0.5) is 17.6 Å². The van der Waals surface area contributed by atoms with Crippen molar-refractivity contribution in [3.05, 3.63) is 0 Å². The van der Waals surface area contributed by atoms with E-state index in [1.807, 2.05) is 0 Å². The van der Waals surface area contributed by atoms with Crippen molar-refractivity contribution in [1.82, 2.24) is 4.90 Å². The van der Waals surface area contributed by atoms with Gasteiger partial charge < -0.3 is 0 Å². The lowest BCUT2D eigenvalue weighted by atomic mass is 10.2. The van der Waals surface area contributed by atoms with E-state index in [1.165, 1.54) is 0 Å². The molecule has 0 bridgehead atoms. The van der Waals surface area contributed by atoms with E-state index in [9.17, 15) is 17.6 Å². The van der Waals surface area contributed by atoms with Gasteiger partial charge in [0.2, 0.25) is 0 Å². The first-order chi connectivity index (χ1) is 5.89. The number of nitrogens with zero attached hydrogens (tertiary/aromatic N) is 1. The fraction of sp³-hybridized carbons (Fsp3) is 1.00. The quantitative estimate of drug-likeness (QED) is 0.520. The van der Waals surface area contributed by atoms with Gasteiger partial charge in [0, 0.05) is 5.88 Å². The van der Waals surface area contributed by atoms with Crippen LogP contribution in [0.1, 0.15) is 6.42 Å². The summed E-state index contributed by atoms with van der Waals surface area (Å²) >= 11 is 5.32. The fourth-order valence-corrected chi connectivity index (χ4v) is 1.41. The van der Waals surface area contributed by atoms with Crippen LogP contribution in [0.25, 0.3) is 0 Å². The highest BCUT2D eigenvalue weighted by Gasteiger charge is 2.62. The molecule has 0 N–H and O–H groups in total. The summed E-state index contributed by atoms with van der Waals surface area (Å²) < 4.78 is 50.3. The molecule has 1 heterocycles. The molecule has 78 valence electrons. The van der Waals surface area contributed by atoms with Crippen LogP contribution in [0.3, 0.4) is 0 Å². The van der Waals surface area contributed by atoms with Gasteiger partial charge in [0.05, 0.1) is 13.1 Å². The Bertz CT molecular complexity index is 169. The van der Waals surface area contributed by atoms with Crippen molar-refractivity contribution < 1.29 is 17.6 Å². The monoisotopic (exact) mass is 219 g/mol. The fourth-order valence-electron chi connectivity index (χ4n) is 1.29. The Morgan fingerprint density at radius 1 is 1.08 bits per heavy atom. The standard InChI is InChI=1S/C7H10ClF4N/c8-2-1-3-13-4-6(9,10)7(11,12)5-13/h1-5H2. The van der Waals surface area contributed by atoms with Gasteiger partial charge in [-0.25, -0.2) is 0 Å². The predicted octanol–water partition coefficient (Wildman–Crippen LogP) is 2.20. The van der Waals surface area contributed by atoms with Crippen molar-refractivity contribution in [3.63, 3.8) is 0 Å². The maximum Gasteiger partial charge on any atom is 0.323 e. The van der Waals surface area contributed by atoms with Crippen molar-refractivity contribution in [1.29, 1.82) is 0 Å². The van der Waals surface area contributed by atoms with Crippen LogP contribution in [-0.2, 0) is 0 Å². The van der Waals surface area contributed by atoms with Crippen LogP contribution >= 0.6 is 11.6 Å². The second-order valence-electron chi connectivity index (χ2n) is 3.16. The molecule has 6 heteroatoms. The van der Waals surface area contributed by atoms with Gasteiger partial charge in [-0.1, -0.05) is 0 Å². The van der Waals surface area contributed by atoms with E-state index in [1.54, 1.807) is 0 Å². The Hall–Kier alpha value is -0.0300. The van der Waals surface area contributed by atoms with E-state index in [2.05, 4.69) is 0 Å². The zero-order valence-electron chi connectivity index (χ0n) is 6.87. The molecule has 0 aromatic carbocycles. The third kappa shape index (κ3) is 2.26. The Kier molecular flexibility index (Phi) is 3.07. The zero-order valence-corrected chi connectivity index (χ0v) is 7.63. The Morgan fingerprint density at radius 3 is 1.92 bits per heavy atom. The van der Waals surface area contributed by atoms with Crippen molar-refractivity contribution in [2.24, 2.45) is 0 Å². The molecule has 0 amide bonds. The maximum absolute atomic E-state index is 12.6. The van der Waals surface area contributed by atoms with E-state index in [0.29, 0.717) is 12.3 Å². The summed E-state index contributed by atoms with van der Waals surface area (Å²) in [5, 5.41) is 0. The Morgan fingerprint density at radius 2 is 1.54 bits per heavy atom. The molecule has 1 nitrogen and oxygen atoms in total. The number of likely N-dealkylation sites (tertiary alicyclic amines) is 1. The average molecular weight is 220 g/mol. The summed E-state index contributed by atoms with van der Waals surface area (Å²) in [7, 11) is 0. The number of alkyl halides is 5. The van der Waals surface area contributed by atoms with Gasteiger partial charge in [0.15, 0.2) is 0 Å². The van der Waals surface area contributed by atoms with E-state index in [4.69, 9.17) is 11.6 Å². The molecule has 0 aromatic heterocycles. The van der Waals surface area contributed by atoms with Gasteiger partial charge in [-0.15, -0.1) is 11.6 Å². The topological polar surface area (TPSA) is 3.24 Å². The molecule has 0 saturated carbocycles. The highest BCUT2D eigenvalue weighted by atomic mass is 35.5. The minimum absolute atomic E-state index is 0.203. The first-order valence-electron chi connectivity index (χ1n) is 3.93. The van der Waals surface area contributed by atoms with Gasteiger partial charge in [-0.2, -0.15) is 17.6 Å². The van der Waals surface area contributed by atoms with Crippen molar-refractivity contribution in [2.45, 2.75) is 18.3 Å². The smallest absolute Gasteiger partial charge is 0.291 e. The summed E-state index contributed by atoms with van der Waals surface area (Å²) in [6, 6.07) is 0. The van der Waals surface area contributed by atoms with E-state index in [-0.39, 0.29) is 6.54 Å². The SMILES string of the molecule is FC1(F)CN(CCCCl)CC1(F)F. The normalized spacial score (nSPS) is 26.5. The summed E-state index contributed by atoms with van der Waals surface area (Å²) in [6.07, 6.45) is 0.452. The van der Waals surface area contributed by atoms with Crippen molar-refractivity contribution in [2.75, 3.05) is 25.5 Å². The minimum Gasteiger partial charge on any atom is -0.291 e. The lowest BCUT2D eigenvalue weighted by molar-refractivity contribution is -0.172. The minimum atomic E-state index is -3.89. The Balaban J connectivity index is 2.50. The van der Waals surface area contributed by atoms with Crippen LogP contribution < -0.4 is 0 Å². The molecule has 1 saturated heterocycles. The molecule has 0 unspecified atom stereocenters. The molecular weight excluding hydrogens is 210 g/mol. The molecule has 0 aromatic rings. The van der Waals surface area contributed by atoms with E-state index < -0.39 is 24.9 Å². The molecule has 0 spiro atoms. The number of hydrogen-bond acceptors (Lipinski definition) is 1. The van der Waals surface area contributed by atoms with E-state index >= 15 is 0 Å². The molecule has 1 aliphatic heterocycles. The summed E-state index contributed by atoms with van der Waals surface area (Å²) in [4.78, 5) is 1.04. The second-order valence-corrected chi connectivity index (χ2v) is 3.54. The van der Waals surface area contributed by atoms with Gasteiger partial charge in [0.1, 0.15) is 0 Å². The van der Waals surface area contributed by atoms with E-state index in [0.717, 1.165) is 4.90 Å². The van der Waals surface area contributed by atoms with Gasteiger partial charge >= 0.3 is 11.8 Å². The molecule has 13 heavy (non-hydrogen) atoms. The molecule has 1 aliphatic rings. The first-order valence-corrected chi connectivity index (χ1v) is 4.46. The average Bonchev–Trinajstić information content (AvgIpc) is 2.17. The van der Waals surface area contributed by atoms with Crippen LogP contribution in [-0.4, -0.2) is 42.3 Å². The number of rotatable bonds is 3. The van der Waals surface area contributed by atoms with Crippen molar-refractivity contribution >= 4 is 11.6 Å². The molecule has 1 fully saturated rings. The predicted molar refractivity (Wildman–Crippen MR) is 41.7 cm³/mol. The molecular formula is C7H10ClF4N. The van der Waals surface area contributed by atoms with Crippen LogP contribution in [0.15, 0.2) is 0 Å². The second kappa shape index (κ2) is 3.61. The number of halogens is 5. The molecule has 0 radical (unpaired) electrons. The first kappa shape index (κ1) is 11.0. The Labute approximate surface area is 78.6 Å². The lowest BCUT2D eigenvalue weighted by Crippen LogP contribution is -2.38. The van der Waals surface area contributed by atoms with Crippen LogP contribution in [0.5, 0.6) is 0 Å². The van der Waals surface area contributed by atoms with Gasteiger partial charge in [0.25, 0.3) is 0 Å². The molecule has 0 atom stereocenters. The van der Waals surface area contributed by atoms with Gasteiger partial charge in [-0.05, 0) is 13.0 Å². The summed E-state index contributed by atoms with van der Waals surface area (Å²) in [5.74, 6) is -7.48.